The molecule has 0 saturated carbocycles. The quantitative estimate of drug-likeness (QED) is 0.436. The highest BCUT2D eigenvalue weighted by atomic mass is 16.6. The monoisotopic (exact) mass is 319 g/mol. The summed E-state index contributed by atoms with van der Waals surface area (Å²) in [5.74, 6) is 0. The molecule has 1 saturated heterocycles. The molecule has 0 unspecified atom stereocenters. The molecule has 3 heterocycles. The predicted molar refractivity (Wildman–Crippen MR) is 76.5 cm³/mol. The molecule has 0 amide bonds. The maximum Gasteiger partial charge on any atom is 0.272 e. The minimum atomic E-state index is -1.29. The van der Waals surface area contributed by atoms with E-state index in [2.05, 4.69) is 20.4 Å². The topological polar surface area (TPSA) is 146 Å². The van der Waals surface area contributed by atoms with Gasteiger partial charge in [0.05, 0.1) is 23.7 Å². The number of H-pyrrole nitrogens is 1. The van der Waals surface area contributed by atoms with E-state index in [-0.39, 0.29) is 5.56 Å². The van der Waals surface area contributed by atoms with Crippen molar-refractivity contribution >= 4 is 21.8 Å². The van der Waals surface area contributed by atoms with Crippen molar-refractivity contribution in [1.29, 1.82) is 0 Å². The van der Waals surface area contributed by atoms with E-state index in [4.69, 9.17) is 9.84 Å². The van der Waals surface area contributed by atoms with Gasteiger partial charge < -0.3 is 20.1 Å². The Morgan fingerprint density at radius 1 is 1.22 bits per heavy atom. The third-order valence-corrected chi connectivity index (χ3v) is 3.95. The van der Waals surface area contributed by atoms with Crippen molar-refractivity contribution in [3.05, 3.63) is 28.7 Å². The summed E-state index contributed by atoms with van der Waals surface area (Å²) in [7, 11) is 0. The second-order valence-corrected chi connectivity index (χ2v) is 5.34. The molecule has 23 heavy (non-hydrogen) atoms. The molecule has 120 valence electrons. The Hall–Kier alpha value is -2.40. The second kappa shape index (κ2) is 5.06. The van der Waals surface area contributed by atoms with Gasteiger partial charge in [0.25, 0.3) is 5.56 Å². The molecular formula is C13H13N5O5. The summed E-state index contributed by atoms with van der Waals surface area (Å²) in [4.78, 5) is 13.0. The molecule has 4 N–H and O–H groups in total. The van der Waals surface area contributed by atoms with Crippen LogP contribution in [0.4, 0.5) is 0 Å². The van der Waals surface area contributed by atoms with Crippen molar-refractivity contribution in [2.24, 2.45) is 0 Å². The van der Waals surface area contributed by atoms with Gasteiger partial charge in [0.15, 0.2) is 6.23 Å². The summed E-state index contributed by atoms with van der Waals surface area (Å²) in [6, 6.07) is 3.25. The smallest absolute Gasteiger partial charge is 0.272 e. The van der Waals surface area contributed by atoms with Crippen LogP contribution in [0.25, 0.3) is 21.8 Å². The van der Waals surface area contributed by atoms with Crippen LogP contribution < -0.4 is 5.56 Å². The molecule has 0 aliphatic carbocycles. The molecule has 1 aromatic carbocycles. The third kappa shape index (κ3) is 2.04. The van der Waals surface area contributed by atoms with Gasteiger partial charge in [0, 0.05) is 5.39 Å². The minimum Gasteiger partial charge on any atom is -0.394 e. The fourth-order valence-corrected chi connectivity index (χ4v) is 2.79. The van der Waals surface area contributed by atoms with Crippen molar-refractivity contribution in [2.75, 3.05) is 6.61 Å². The lowest BCUT2D eigenvalue weighted by Gasteiger charge is -2.16. The van der Waals surface area contributed by atoms with Gasteiger partial charge in [-0.2, -0.15) is 20.1 Å². The van der Waals surface area contributed by atoms with Crippen LogP contribution in [-0.4, -0.2) is 65.4 Å². The number of hydrogen-bond donors (Lipinski definition) is 4. The fraction of sp³-hybridized carbons (Fsp3) is 0.385. The number of rotatable bonds is 2. The van der Waals surface area contributed by atoms with Crippen molar-refractivity contribution in [3.63, 3.8) is 0 Å². The number of aliphatic hydroxyl groups is 3. The molecule has 10 heteroatoms. The van der Waals surface area contributed by atoms with Gasteiger partial charge in [-0.1, -0.05) is 0 Å². The molecule has 0 radical (unpaired) electrons. The molecule has 0 bridgehead atoms. The SMILES string of the molecule is O=c1[nH]ncc2nn([C@@H]3O[C@H](CO)[C@@H](O)[C@H]3O)nc3ccc1c32. The predicted octanol–water partition coefficient (Wildman–Crippen LogP) is -1.72. The van der Waals surface area contributed by atoms with Crippen molar-refractivity contribution in [2.45, 2.75) is 24.5 Å². The molecule has 1 aliphatic heterocycles. The van der Waals surface area contributed by atoms with Crippen LogP contribution in [0, 0.1) is 0 Å². The van der Waals surface area contributed by atoms with Crippen LogP contribution in [0.5, 0.6) is 0 Å². The molecule has 10 nitrogen and oxygen atoms in total. The first-order valence-electron chi connectivity index (χ1n) is 6.95. The lowest BCUT2D eigenvalue weighted by atomic mass is 10.1. The summed E-state index contributed by atoms with van der Waals surface area (Å²) in [6.07, 6.45) is -3.15. The van der Waals surface area contributed by atoms with Gasteiger partial charge in [0.1, 0.15) is 23.8 Å². The Balaban J connectivity index is 1.90. The molecule has 4 rings (SSSR count). The lowest BCUT2D eigenvalue weighted by molar-refractivity contribution is -0.0658. The Bertz CT molecular complexity index is 937. The van der Waals surface area contributed by atoms with Gasteiger partial charge in [-0.3, -0.25) is 4.79 Å². The van der Waals surface area contributed by atoms with Crippen LogP contribution in [0.15, 0.2) is 23.1 Å². The van der Waals surface area contributed by atoms with Crippen LogP contribution in [0.1, 0.15) is 6.23 Å². The fourth-order valence-electron chi connectivity index (χ4n) is 2.79. The molecule has 0 spiro atoms. The molecule has 4 atom stereocenters. The zero-order valence-electron chi connectivity index (χ0n) is 11.7. The first-order chi connectivity index (χ1) is 11.1. The number of aromatic amines is 1. The van der Waals surface area contributed by atoms with Crippen molar-refractivity contribution < 1.29 is 20.1 Å². The Morgan fingerprint density at radius 2 is 2.00 bits per heavy atom. The van der Waals surface area contributed by atoms with E-state index in [0.29, 0.717) is 21.8 Å². The van der Waals surface area contributed by atoms with Crippen molar-refractivity contribution in [3.8, 4) is 0 Å². The zero-order valence-corrected chi connectivity index (χ0v) is 11.7. The summed E-state index contributed by atoms with van der Waals surface area (Å²) in [6.45, 7) is -0.440. The van der Waals surface area contributed by atoms with E-state index >= 15 is 0 Å². The number of aromatic nitrogens is 5. The van der Waals surface area contributed by atoms with E-state index in [1.54, 1.807) is 12.1 Å². The van der Waals surface area contributed by atoms with E-state index in [1.165, 1.54) is 6.20 Å². The number of hydrogen-bond acceptors (Lipinski definition) is 8. The van der Waals surface area contributed by atoms with Crippen LogP contribution in [0.2, 0.25) is 0 Å². The Labute approximate surface area is 127 Å². The lowest BCUT2D eigenvalue weighted by Crippen LogP contribution is -2.33. The molecule has 1 aliphatic rings. The number of nitrogens with zero attached hydrogens (tertiary/aromatic N) is 4. The van der Waals surface area contributed by atoms with E-state index in [1.807, 2.05) is 0 Å². The van der Waals surface area contributed by atoms with Gasteiger partial charge in [-0.15, -0.1) is 0 Å². The average molecular weight is 319 g/mol. The summed E-state index contributed by atoms with van der Waals surface area (Å²) >= 11 is 0. The summed E-state index contributed by atoms with van der Waals surface area (Å²) in [5, 5.41) is 44.6. The maximum atomic E-state index is 11.9. The van der Waals surface area contributed by atoms with E-state index in [0.717, 1.165) is 4.80 Å². The number of ether oxygens (including phenoxy) is 1. The van der Waals surface area contributed by atoms with Gasteiger partial charge in [0.2, 0.25) is 0 Å². The highest BCUT2D eigenvalue weighted by molar-refractivity contribution is 6.06. The summed E-state index contributed by atoms with van der Waals surface area (Å²) in [5.41, 5.74) is 0.501. The van der Waals surface area contributed by atoms with Gasteiger partial charge in [-0.05, 0) is 12.1 Å². The Morgan fingerprint density at radius 3 is 2.74 bits per heavy atom. The van der Waals surface area contributed by atoms with E-state index in [9.17, 15) is 15.0 Å². The van der Waals surface area contributed by atoms with Crippen LogP contribution in [0.3, 0.4) is 0 Å². The summed E-state index contributed by atoms with van der Waals surface area (Å²) < 4.78 is 5.41. The number of nitrogens with one attached hydrogen (secondary N) is 1. The largest absolute Gasteiger partial charge is 0.394 e. The van der Waals surface area contributed by atoms with E-state index < -0.39 is 31.1 Å². The molecule has 3 aromatic rings. The first-order valence-corrected chi connectivity index (χ1v) is 6.95. The molecule has 1 fully saturated rings. The number of aliphatic hydroxyl groups excluding tert-OH is 3. The Kier molecular flexibility index (Phi) is 3.13. The molecule has 2 aromatic heterocycles. The zero-order chi connectivity index (χ0) is 16.1. The van der Waals surface area contributed by atoms with Gasteiger partial charge >= 0.3 is 0 Å². The average Bonchev–Trinajstić information content (AvgIpc) is 3.04. The highest BCUT2D eigenvalue weighted by Crippen LogP contribution is 2.29. The normalized spacial score (nSPS) is 28.0. The van der Waals surface area contributed by atoms with Gasteiger partial charge in [-0.25, -0.2) is 5.10 Å². The minimum absolute atomic E-state index is 0.357. The second-order valence-electron chi connectivity index (χ2n) is 5.34. The third-order valence-electron chi connectivity index (χ3n) is 3.95. The molecular weight excluding hydrogens is 306 g/mol. The van der Waals surface area contributed by atoms with Crippen LogP contribution >= 0.6 is 0 Å². The maximum absolute atomic E-state index is 11.9. The highest BCUT2D eigenvalue weighted by Gasteiger charge is 2.44. The first kappa shape index (κ1) is 14.2. The standard InChI is InChI=1S/C13H13N5O5/c19-4-8-10(20)11(21)13(23-8)18-16-6-2-1-5-9(6)7(17-18)3-14-15-12(5)22/h1-3,8,10-11,13,19-21H,4H2,(H,15,22)/t8-,10-,11-,13-/m1/s1. The van der Waals surface area contributed by atoms with Crippen LogP contribution in [-0.2, 0) is 4.74 Å². The van der Waals surface area contributed by atoms with Crippen molar-refractivity contribution in [1.82, 2.24) is 25.2 Å².